The Morgan fingerprint density at radius 3 is 3.00 bits per heavy atom. The lowest BCUT2D eigenvalue weighted by atomic mass is 10.1. The summed E-state index contributed by atoms with van der Waals surface area (Å²) in [5.74, 6) is -0.726. The van der Waals surface area contributed by atoms with Crippen LogP contribution in [0.4, 0.5) is 15.8 Å². The number of aliphatic hydroxyl groups is 1. The van der Waals surface area contributed by atoms with Crippen molar-refractivity contribution in [1.82, 2.24) is 4.98 Å². The lowest BCUT2D eigenvalue weighted by Gasteiger charge is -2.10. The molecule has 19 heavy (non-hydrogen) atoms. The van der Waals surface area contributed by atoms with Crippen molar-refractivity contribution < 1.29 is 14.4 Å². The highest BCUT2D eigenvalue weighted by Gasteiger charge is 2.19. The molecule has 1 aromatic heterocycles. The highest BCUT2D eigenvalue weighted by molar-refractivity contribution is 5.97. The van der Waals surface area contributed by atoms with Crippen LogP contribution in [-0.2, 0) is 0 Å². The van der Waals surface area contributed by atoms with Gasteiger partial charge < -0.3 is 10.4 Å². The maximum absolute atomic E-state index is 13.9. The summed E-state index contributed by atoms with van der Waals surface area (Å²) in [5, 5.41) is 22.7. The minimum absolute atomic E-state index is 0.0209. The summed E-state index contributed by atoms with van der Waals surface area (Å²) in [5.41, 5.74) is 0.0232. The summed E-state index contributed by atoms with van der Waals surface area (Å²) in [6.45, 7) is 0.337. The predicted octanol–water partition coefficient (Wildman–Crippen LogP) is 2.08. The molecule has 0 aliphatic heterocycles. The van der Waals surface area contributed by atoms with E-state index in [-0.39, 0.29) is 28.9 Å². The number of hydrogen-bond donors (Lipinski definition) is 2. The lowest BCUT2D eigenvalue weighted by molar-refractivity contribution is -0.383. The molecule has 0 aliphatic rings. The van der Waals surface area contributed by atoms with Crippen LogP contribution in [-0.4, -0.2) is 28.2 Å². The Morgan fingerprint density at radius 2 is 2.32 bits per heavy atom. The van der Waals surface area contributed by atoms with Crippen molar-refractivity contribution in [3.63, 3.8) is 0 Å². The van der Waals surface area contributed by atoms with Crippen molar-refractivity contribution in [3.05, 3.63) is 40.3 Å². The number of aromatic nitrogens is 1. The van der Waals surface area contributed by atoms with Gasteiger partial charge >= 0.3 is 0 Å². The smallest absolute Gasteiger partial charge is 0.281 e. The van der Waals surface area contributed by atoms with Crippen LogP contribution in [0.2, 0.25) is 0 Å². The molecule has 100 valence electrons. The SMILES string of the molecule is O=[N+]([O-])c1cc(F)c(NCCCO)c2ncccc12. The number of hydrogen-bond acceptors (Lipinski definition) is 5. The van der Waals surface area contributed by atoms with Crippen molar-refractivity contribution in [1.29, 1.82) is 0 Å². The number of benzene rings is 1. The van der Waals surface area contributed by atoms with Gasteiger partial charge in [0.25, 0.3) is 5.69 Å². The van der Waals surface area contributed by atoms with Crippen molar-refractivity contribution in [2.75, 3.05) is 18.5 Å². The minimum Gasteiger partial charge on any atom is -0.396 e. The summed E-state index contributed by atoms with van der Waals surface area (Å²) in [6.07, 6.45) is 1.90. The molecule has 7 heteroatoms. The Bertz CT molecular complexity index is 618. The van der Waals surface area contributed by atoms with Crippen molar-refractivity contribution >= 4 is 22.3 Å². The fourth-order valence-electron chi connectivity index (χ4n) is 1.81. The summed E-state index contributed by atoms with van der Waals surface area (Å²) in [4.78, 5) is 14.3. The number of nitro benzene ring substituents is 1. The summed E-state index contributed by atoms with van der Waals surface area (Å²) in [7, 11) is 0. The van der Waals surface area contributed by atoms with E-state index in [0.717, 1.165) is 6.07 Å². The molecule has 2 aromatic rings. The van der Waals surface area contributed by atoms with Crippen molar-refractivity contribution in [2.24, 2.45) is 0 Å². The molecule has 2 rings (SSSR count). The maximum atomic E-state index is 13.9. The van der Waals surface area contributed by atoms with E-state index in [9.17, 15) is 14.5 Å². The number of nitro groups is 1. The number of aliphatic hydroxyl groups excluding tert-OH is 1. The van der Waals surface area contributed by atoms with Crippen LogP contribution < -0.4 is 5.32 Å². The molecule has 0 bridgehead atoms. The van der Waals surface area contributed by atoms with Crippen LogP contribution >= 0.6 is 0 Å². The van der Waals surface area contributed by atoms with Gasteiger partial charge in [-0.2, -0.15) is 0 Å². The number of fused-ring (bicyclic) bond motifs is 1. The van der Waals surface area contributed by atoms with E-state index in [4.69, 9.17) is 5.11 Å². The second-order valence-corrected chi connectivity index (χ2v) is 3.91. The molecule has 0 amide bonds. The molecule has 0 atom stereocenters. The monoisotopic (exact) mass is 265 g/mol. The Morgan fingerprint density at radius 1 is 1.53 bits per heavy atom. The number of anilines is 1. The highest BCUT2D eigenvalue weighted by atomic mass is 19.1. The molecular formula is C12H12FN3O3. The van der Waals surface area contributed by atoms with E-state index in [0.29, 0.717) is 13.0 Å². The molecule has 0 saturated carbocycles. The van der Waals surface area contributed by atoms with Gasteiger partial charge in [0, 0.05) is 19.3 Å². The third kappa shape index (κ3) is 2.60. The first-order valence-electron chi connectivity index (χ1n) is 5.71. The molecule has 0 unspecified atom stereocenters. The zero-order chi connectivity index (χ0) is 13.8. The number of nitrogens with zero attached hydrogens (tertiary/aromatic N) is 2. The lowest BCUT2D eigenvalue weighted by Crippen LogP contribution is -2.07. The van der Waals surface area contributed by atoms with Crippen LogP contribution in [0.1, 0.15) is 6.42 Å². The number of halogens is 1. The zero-order valence-corrected chi connectivity index (χ0v) is 9.97. The molecule has 0 aliphatic carbocycles. The fraction of sp³-hybridized carbons (Fsp3) is 0.250. The highest BCUT2D eigenvalue weighted by Crippen LogP contribution is 2.32. The van der Waals surface area contributed by atoms with Crippen LogP contribution in [0.3, 0.4) is 0 Å². The third-order valence-electron chi connectivity index (χ3n) is 2.66. The van der Waals surface area contributed by atoms with E-state index in [1.54, 1.807) is 6.07 Å². The average Bonchev–Trinajstić information content (AvgIpc) is 2.40. The summed E-state index contributed by atoms with van der Waals surface area (Å²) < 4.78 is 13.9. The minimum atomic E-state index is -0.726. The first-order chi connectivity index (χ1) is 9.15. The second kappa shape index (κ2) is 5.57. The molecule has 1 aromatic carbocycles. The van der Waals surface area contributed by atoms with Crippen LogP contribution in [0.5, 0.6) is 0 Å². The van der Waals surface area contributed by atoms with Gasteiger partial charge in [-0.3, -0.25) is 15.1 Å². The van der Waals surface area contributed by atoms with Gasteiger partial charge in [0.15, 0.2) is 5.82 Å². The number of nitrogens with one attached hydrogen (secondary N) is 1. The van der Waals surface area contributed by atoms with Crippen LogP contribution in [0, 0.1) is 15.9 Å². The molecule has 0 spiro atoms. The van der Waals surface area contributed by atoms with Gasteiger partial charge in [-0.05, 0) is 18.6 Å². The van der Waals surface area contributed by atoms with E-state index in [1.807, 2.05) is 0 Å². The largest absolute Gasteiger partial charge is 0.396 e. The van der Waals surface area contributed by atoms with E-state index in [1.165, 1.54) is 12.3 Å². The Labute approximate surface area is 108 Å². The third-order valence-corrected chi connectivity index (χ3v) is 2.66. The van der Waals surface area contributed by atoms with Crippen molar-refractivity contribution in [2.45, 2.75) is 6.42 Å². The average molecular weight is 265 g/mol. The molecule has 1 heterocycles. The number of non-ortho nitro benzene ring substituents is 1. The topological polar surface area (TPSA) is 88.3 Å². The molecule has 2 N–H and O–H groups in total. The van der Waals surface area contributed by atoms with E-state index in [2.05, 4.69) is 10.3 Å². The normalized spacial score (nSPS) is 10.6. The van der Waals surface area contributed by atoms with E-state index < -0.39 is 10.7 Å². The number of rotatable bonds is 5. The van der Waals surface area contributed by atoms with Gasteiger partial charge in [-0.1, -0.05) is 0 Å². The molecule has 0 saturated heterocycles. The first kappa shape index (κ1) is 13.2. The van der Waals surface area contributed by atoms with Gasteiger partial charge in [-0.15, -0.1) is 0 Å². The standard InChI is InChI=1S/C12H12FN3O3/c13-9-7-10(16(18)19)8-3-1-4-14-11(8)12(9)15-5-2-6-17/h1,3-4,7,15,17H,2,5-6H2. The van der Waals surface area contributed by atoms with Gasteiger partial charge in [0.05, 0.1) is 22.1 Å². The van der Waals surface area contributed by atoms with Crippen LogP contribution in [0.25, 0.3) is 10.9 Å². The quantitative estimate of drug-likeness (QED) is 0.491. The van der Waals surface area contributed by atoms with Crippen LogP contribution in [0.15, 0.2) is 24.4 Å². The molecule has 0 fully saturated rings. The fourth-order valence-corrected chi connectivity index (χ4v) is 1.81. The maximum Gasteiger partial charge on any atom is 0.281 e. The summed E-state index contributed by atoms with van der Waals surface area (Å²) >= 11 is 0. The molecule has 6 nitrogen and oxygen atoms in total. The zero-order valence-electron chi connectivity index (χ0n) is 9.97. The second-order valence-electron chi connectivity index (χ2n) is 3.91. The number of pyridine rings is 1. The molecule has 0 radical (unpaired) electrons. The Hall–Kier alpha value is -2.28. The summed E-state index contributed by atoms with van der Waals surface area (Å²) in [6, 6.07) is 3.97. The molecular weight excluding hydrogens is 253 g/mol. The van der Waals surface area contributed by atoms with Gasteiger partial charge in [0.1, 0.15) is 5.52 Å². The van der Waals surface area contributed by atoms with Gasteiger partial charge in [0.2, 0.25) is 0 Å². The Kier molecular flexibility index (Phi) is 3.86. The van der Waals surface area contributed by atoms with Crippen molar-refractivity contribution in [3.8, 4) is 0 Å². The van der Waals surface area contributed by atoms with E-state index >= 15 is 0 Å². The Balaban J connectivity index is 2.55. The van der Waals surface area contributed by atoms with Gasteiger partial charge in [-0.25, -0.2) is 4.39 Å². The first-order valence-corrected chi connectivity index (χ1v) is 5.71. The predicted molar refractivity (Wildman–Crippen MR) is 68.5 cm³/mol.